The van der Waals surface area contributed by atoms with E-state index in [1.165, 1.54) is 19.3 Å². The van der Waals surface area contributed by atoms with Crippen molar-refractivity contribution in [3.8, 4) is 0 Å². The van der Waals surface area contributed by atoms with Crippen LogP contribution in [0.1, 0.15) is 19.3 Å². The van der Waals surface area contributed by atoms with E-state index in [4.69, 9.17) is 0 Å². The summed E-state index contributed by atoms with van der Waals surface area (Å²) in [6.07, 6.45) is 5.47. The van der Waals surface area contributed by atoms with Gasteiger partial charge in [0.25, 0.3) is 0 Å². The number of pyridine rings is 1. The van der Waals surface area contributed by atoms with E-state index >= 15 is 0 Å². The molecule has 0 atom stereocenters. The average molecular weight is 289 g/mol. The minimum atomic E-state index is -0.0374. The summed E-state index contributed by atoms with van der Waals surface area (Å²) in [5, 5.41) is 6.30. The highest BCUT2D eigenvalue weighted by Gasteiger charge is 2.19. The maximum absolute atomic E-state index is 12.1. The Morgan fingerprint density at radius 2 is 2.00 bits per heavy atom. The Morgan fingerprint density at radius 3 is 2.57 bits per heavy atom. The first kappa shape index (κ1) is 14.1. The molecule has 6 heteroatoms. The minimum Gasteiger partial charge on any atom is -0.367 e. The maximum Gasteiger partial charge on any atom is 0.321 e. The number of nitrogens with one attached hydrogen (secondary N) is 2. The molecule has 0 spiro atoms. The first-order valence-corrected chi connectivity index (χ1v) is 7.68. The lowest BCUT2D eigenvalue weighted by atomic mass is 9.93. The van der Waals surface area contributed by atoms with E-state index in [0.29, 0.717) is 6.04 Å². The summed E-state index contributed by atoms with van der Waals surface area (Å²) in [4.78, 5) is 20.6. The van der Waals surface area contributed by atoms with Crippen LogP contribution >= 0.6 is 0 Å². The SMILES string of the molecule is CN1CCN(C(=O)Nc2ccc(NC3CCC3)nc2)CC1. The molecule has 6 nitrogen and oxygen atoms in total. The summed E-state index contributed by atoms with van der Waals surface area (Å²) in [7, 11) is 2.08. The summed E-state index contributed by atoms with van der Waals surface area (Å²) >= 11 is 0. The van der Waals surface area contributed by atoms with Crippen LogP contribution in [-0.2, 0) is 0 Å². The van der Waals surface area contributed by atoms with Crippen LogP contribution in [0.15, 0.2) is 18.3 Å². The van der Waals surface area contributed by atoms with Gasteiger partial charge in [-0.2, -0.15) is 0 Å². The van der Waals surface area contributed by atoms with Gasteiger partial charge in [0.15, 0.2) is 0 Å². The van der Waals surface area contributed by atoms with E-state index in [2.05, 4.69) is 27.6 Å². The third kappa shape index (κ3) is 3.64. The monoisotopic (exact) mass is 289 g/mol. The lowest BCUT2D eigenvalue weighted by Gasteiger charge is -2.32. The zero-order valence-electron chi connectivity index (χ0n) is 12.5. The summed E-state index contributed by atoms with van der Waals surface area (Å²) < 4.78 is 0. The smallest absolute Gasteiger partial charge is 0.321 e. The van der Waals surface area contributed by atoms with Crippen LogP contribution in [0.4, 0.5) is 16.3 Å². The largest absolute Gasteiger partial charge is 0.367 e. The second-order valence-electron chi connectivity index (χ2n) is 5.92. The number of aromatic nitrogens is 1. The molecular weight excluding hydrogens is 266 g/mol. The Balaban J connectivity index is 1.51. The molecule has 0 unspecified atom stereocenters. The van der Waals surface area contributed by atoms with Crippen LogP contribution in [0.3, 0.4) is 0 Å². The molecule has 0 radical (unpaired) electrons. The summed E-state index contributed by atoms with van der Waals surface area (Å²) in [5.74, 6) is 0.886. The van der Waals surface area contributed by atoms with Gasteiger partial charge in [-0.1, -0.05) is 0 Å². The molecule has 1 aromatic heterocycles. The van der Waals surface area contributed by atoms with Crippen LogP contribution in [0, 0.1) is 0 Å². The third-order valence-corrected chi connectivity index (χ3v) is 4.26. The fourth-order valence-electron chi connectivity index (χ4n) is 2.53. The summed E-state index contributed by atoms with van der Waals surface area (Å²) in [5.41, 5.74) is 0.748. The van der Waals surface area contributed by atoms with Gasteiger partial charge < -0.3 is 20.4 Å². The number of carbonyl (C=O) groups is 1. The van der Waals surface area contributed by atoms with Gasteiger partial charge in [-0.05, 0) is 38.4 Å². The summed E-state index contributed by atoms with van der Waals surface area (Å²) in [6, 6.07) is 4.37. The number of hydrogen-bond donors (Lipinski definition) is 2. The molecule has 2 N–H and O–H groups in total. The Labute approximate surface area is 125 Å². The number of carbonyl (C=O) groups excluding carboxylic acids is 1. The molecule has 2 aliphatic rings. The average Bonchev–Trinajstić information content (AvgIpc) is 2.45. The molecule has 0 aromatic carbocycles. The van der Waals surface area contributed by atoms with Gasteiger partial charge >= 0.3 is 6.03 Å². The molecule has 2 heterocycles. The van der Waals surface area contributed by atoms with Crippen molar-refractivity contribution in [1.82, 2.24) is 14.8 Å². The van der Waals surface area contributed by atoms with Gasteiger partial charge in [0.2, 0.25) is 0 Å². The molecule has 3 rings (SSSR count). The number of rotatable bonds is 3. The van der Waals surface area contributed by atoms with Crippen molar-refractivity contribution in [1.29, 1.82) is 0 Å². The van der Waals surface area contributed by atoms with E-state index < -0.39 is 0 Å². The van der Waals surface area contributed by atoms with Gasteiger partial charge in [0, 0.05) is 32.2 Å². The lowest BCUT2D eigenvalue weighted by Crippen LogP contribution is -2.48. The zero-order chi connectivity index (χ0) is 14.7. The highest BCUT2D eigenvalue weighted by atomic mass is 16.2. The van der Waals surface area contributed by atoms with E-state index in [0.717, 1.165) is 37.7 Å². The van der Waals surface area contributed by atoms with Crippen molar-refractivity contribution in [2.24, 2.45) is 0 Å². The topological polar surface area (TPSA) is 60.5 Å². The molecule has 1 aliphatic heterocycles. The van der Waals surface area contributed by atoms with Crippen molar-refractivity contribution >= 4 is 17.5 Å². The molecule has 2 fully saturated rings. The molecule has 0 bridgehead atoms. The second-order valence-corrected chi connectivity index (χ2v) is 5.92. The number of nitrogens with zero attached hydrogens (tertiary/aromatic N) is 3. The van der Waals surface area contributed by atoms with E-state index in [-0.39, 0.29) is 6.03 Å². The molecule has 1 saturated carbocycles. The van der Waals surface area contributed by atoms with Crippen LogP contribution in [-0.4, -0.2) is 60.1 Å². The van der Waals surface area contributed by atoms with Crippen molar-refractivity contribution in [3.05, 3.63) is 18.3 Å². The van der Waals surface area contributed by atoms with Crippen molar-refractivity contribution in [3.63, 3.8) is 0 Å². The van der Waals surface area contributed by atoms with Gasteiger partial charge in [-0.15, -0.1) is 0 Å². The van der Waals surface area contributed by atoms with Crippen LogP contribution in [0.2, 0.25) is 0 Å². The molecule has 1 aromatic rings. The highest BCUT2D eigenvalue weighted by molar-refractivity contribution is 5.89. The molecule has 2 amide bonds. The lowest BCUT2D eigenvalue weighted by molar-refractivity contribution is 0.164. The fraction of sp³-hybridized carbons (Fsp3) is 0.600. The third-order valence-electron chi connectivity index (χ3n) is 4.26. The number of anilines is 2. The predicted octanol–water partition coefficient (Wildman–Crippen LogP) is 1.83. The Morgan fingerprint density at radius 1 is 1.24 bits per heavy atom. The van der Waals surface area contributed by atoms with Gasteiger partial charge in [-0.3, -0.25) is 0 Å². The number of hydrogen-bond acceptors (Lipinski definition) is 4. The standard InChI is InChI=1S/C15H23N5O/c1-19-7-9-20(10-8-19)15(21)18-13-5-6-14(16-11-13)17-12-3-2-4-12/h5-6,11-12H,2-4,7-10H2,1H3,(H,16,17)(H,18,21). The summed E-state index contributed by atoms with van der Waals surface area (Å²) in [6.45, 7) is 3.40. The molecule has 1 aliphatic carbocycles. The Kier molecular flexibility index (Phi) is 4.24. The van der Waals surface area contributed by atoms with Crippen molar-refractivity contribution in [2.45, 2.75) is 25.3 Å². The first-order valence-electron chi connectivity index (χ1n) is 7.68. The van der Waals surface area contributed by atoms with Gasteiger partial charge in [0.1, 0.15) is 5.82 Å². The number of urea groups is 1. The van der Waals surface area contributed by atoms with E-state index in [1.807, 2.05) is 17.0 Å². The van der Waals surface area contributed by atoms with Gasteiger partial charge in [0.05, 0.1) is 11.9 Å². The quantitative estimate of drug-likeness (QED) is 0.891. The fourth-order valence-corrected chi connectivity index (χ4v) is 2.53. The Bertz CT molecular complexity index is 477. The van der Waals surface area contributed by atoms with Crippen molar-refractivity contribution in [2.75, 3.05) is 43.9 Å². The van der Waals surface area contributed by atoms with Crippen LogP contribution < -0.4 is 10.6 Å². The number of amides is 2. The molecule has 114 valence electrons. The normalized spacial score (nSPS) is 20.0. The van der Waals surface area contributed by atoms with Crippen LogP contribution in [0.25, 0.3) is 0 Å². The van der Waals surface area contributed by atoms with E-state index in [9.17, 15) is 4.79 Å². The second kappa shape index (κ2) is 6.30. The Hall–Kier alpha value is -1.82. The number of likely N-dealkylation sites (N-methyl/N-ethyl adjacent to an activating group) is 1. The number of piperazine rings is 1. The predicted molar refractivity (Wildman–Crippen MR) is 83.6 cm³/mol. The minimum absolute atomic E-state index is 0.0374. The van der Waals surface area contributed by atoms with Crippen LogP contribution in [0.5, 0.6) is 0 Å². The van der Waals surface area contributed by atoms with Crippen molar-refractivity contribution < 1.29 is 4.79 Å². The van der Waals surface area contributed by atoms with Gasteiger partial charge in [-0.25, -0.2) is 9.78 Å². The highest BCUT2D eigenvalue weighted by Crippen LogP contribution is 2.22. The van der Waals surface area contributed by atoms with E-state index in [1.54, 1.807) is 6.20 Å². The maximum atomic E-state index is 12.1. The molecule has 1 saturated heterocycles. The first-order chi connectivity index (χ1) is 10.2. The molecular formula is C15H23N5O. The molecule has 21 heavy (non-hydrogen) atoms. The zero-order valence-corrected chi connectivity index (χ0v) is 12.5.